The van der Waals surface area contributed by atoms with Gasteiger partial charge in [-0.15, -0.1) is 0 Å². The van der Waals surface area contributed by atoms with Crippen LogP contribution in [0.1, 0.15) is 12.8 Å². The first-order chi connectivity index (χ1) is 6.39. The number of likely N-dealkylation sites (tertiary alicyclic amines) is 1. The van der Waals surface area contributed by atoms with Crippen molar-refractivity contribution in [2.75, 3.05) is 25.9 Å². The summed E-state index contributed by atoms with van der Waals surface area (Å²) in [7, 11) is -2.87. The van der Waals surface area contributed by atoms with Gasteiger partial charge in [0.25, 0.3) is 0 Å². The lowest BCUT2D eigenvalue weighted by Gasteiger charge is -2.30. The van der Waals surface area contributed by atoms with Gasteiger partial charge in [-0.1, -0.05) is 12.2 Å². The minimum absolute atomic E-state index is 0.176. The number of rotatable bonds is 3. The fraction of sp³-hybridized carbons (Fsp3) is 0.875. The fourth-order valence-corrected chi connectivity index (χ4v) is 2.97. The number of hydrogen-bond donors (Lipinski definition) is 1. The maximum Gasteiger partial charge on any atom is 0.150 e. The lowest BCUT2D eigenvalue weighted by Crippen LogP contribution is -2.42. The monoisotopic (exact) mass is 236 g/mol. The Kier molecular flexibility index (Phi) is 3.86. The molecule has 0 aromatic heterocycles. The second kappa shape index (κ2) is 4.55. The van der Waals surface area contributed by atoms with Gasteiger partial charge in [0, 0.05) is 12.8 Å². The van der Waals surface area contributed by atoms with E-state index in [-0.39, 0.29) is 5.25 Å². The van der Waals surface area contributed by atoms with Crippen LogP contribution < -0.4 is 5.73 Å². The van der Waals surface area contributed by atoms with Crippen LogP contribution >= 0.6 is 12.2 Å². The molecule has 0 spiro atoms. The molecule has 6 heteroatoms. The van der Waals surface area contributed by atoms with Crippen molar-refractivity contribution in [3.05, 3.63) is 0 Å². The van der Waals surface area contributed by atoms with Crippen molar-refractivity contribution in [1.29, 1.82) is 0 Å². The van der Waals surface area contributed by atoms with Crippen LogP contribution in [0.25, 0.3) is 0 Å². The second-order valence-electron chi connectivity index (χ2n) is 3.77. The van der Waals surface area contributed by atoms with Crippen molar-refractivity contribution >= 4 is 27.0 Å². The van der Waals surface area contributed by atoms with Crippen LogP contribution in [0.5, 0.6) is 0 Å². The summed E-state index contributed by atoms with van der Waals surface area (Å²) in [5.74, 6) is 0. The van der Waals surface area contributed by atoms with Crippen LogP contribution in [0.4, 0.5) is 0 Å². The van der Waals surface area contributed by atoms with Crippen LogP contribution in [-0.2, 0) is 9.84 Å². The van der Waals surface area contributed by atoms with E-state index in [1.165, 1.54) is 6.26 Å². The van der Waals surface area contributed by atoms with Gasteiger partial charge in [-0.2, -0.15) is 0 Å². The lowest BCUT2D eigenvalue weighted by atomic mass is 10.1. The largest absolute Gasteiger partial charge is 0.392 e. The van der Waals surface area contributed by atoms with Crippen molar-refractivity contribution in [3.63, 3.8) is 0 Å². The van der Waals surface area contributed by atoms with Crippen molar-refractivity contribution < 1.29 is 8.42 Å². The van der Waals surface area contributed by atoms with Crippen LogP contribution in [0.3, 0.4) is 0 Å². The summed E-state index contributed by atoms with van der Waals surface area (Å²) in [5.41, 5.74) is 5.42. The predicted molar refractivity (Wildman–Crippen MR) is 61.1 cm³/mol. The van der Waals surface area contributed by atoms with E-state index in [1.807, 2.05) is 0 Å². The first kappa shape index (κ1) is 11.9. The average molecular weight is 236 g/mol. The standard InChI is InChI=1S/C8H16N2O2S2/c1-14(11,12)7-2-4-10(5-3-7)6-8(9)13/h7H,2-6H2,1H3,(H2,9,13). The Morgan fingerprint density at radius 2 is 2.00 bits per heavy atom. The quantitative estimate of drug-likeness (QED) is 0.687. The third kappa shape index (κ3) is 3.51. The Morgan fingerprint density at radius 3 is 2.36 bits per heavy atom. The molecule has 82 valence electrons. The van der Waals surface area contributed by atoms with Crippen molar-refractivity contribution in [1.82, 2.24) is 4.90 Å². The van der Waals surface area contributed by atoms with E-state index in [0.29, 0.717) is 24.4 Å². The second-order valence-corrected chi connectivity index (χ2v) is 6.62. The molecular formula is C8H16N2O2S2. The Hall–Kier alpha value is -0.200. The number of hydrogen-bond acceptors (Lipinski definition) is 4. The molecule has 1 aliphatic heterocycles. The molecule has 0 aromatic rings. The van der Waals surface area contributed by atoms with Crippen molar-refractivity contribution in [3.8, 4) is 0 Å². The smallest absolute Gasteiger partial charge is 0.150 e. The van der Waals surface area contributed by atoms with E-state index < -0.39 is 9.84 Å². The molecule has 2 N–H and O–H groups in total. The van der Waals surface area contributed by atoms with Crippen LogP contribution in [-0.4, -0.2) is 49.4 Å². The number of thiocarbonyl (C=S) groups is 1. The van der Waals surface area contributed by atoms with Crippen LogP contribution in [0.2, 0.25) is 0 Å². The van der Waals surface area contributed by atoms with E-state index in [9.17, 15) is 8.42 Å². The summed E-state index contributed by atoms with van der Waals surface area (Å²) in [4.78, 5) is 2.58. The Labute approximate surface area is 90.4 Å². The van der Waals surface area contributed by atoms with E-state index in [4.69, 9.17) is 18.0 Å². The average Bonchev–Trinajstić information content (AvgIpc) is 2.02. The molecule has 0 unspecified atom stereocenters. The van der Waals surface area contributed by atoms with E-state index >= 15 is 0 Å². The molecule has 0 saturated carbocycles. The number of nitrogens with zero attached hydrogens (tertiary/aromatic N) is 1. The molecule has 1 rings (SSSR count). The molecule has 0 atom stereocenters. The zero-order valence-electron chi connectivity index (χ0n) is 8.27. The van der Waals surface area contributed by atoms with Gasteiger partial charge in [0.15, 0.2) is 0 Å². The van der Waals surface area contributed by atoms with Gasteiger partial charge in [-0.25, -0.2) is 8.42 Å². The van der Waals surface area contributed by atoms with Crippen LogP contribution in [0.15, 0.2) is 0 Å². The SMILES string of the molecule is CS(=O)(=O)C1CCN(CC(N)=S)CC1. The third-order valence-electron chi connectivity index (χ3n) is 2.52. The lowest BCUT2D eigenvalue weighted by molar-refractivity contribution is 0.260. The van der Waals surface area contributed by atoms with Gasteiger partial charge in [0.1, 0.15) is 9.84 Å². The Bertz CT molecular complexity index is 305. The summed E-state index contributed by atoms with van der Waals surface area (Å²) < 4.78 is 22.5. The van der Waals surface area contributed by atoms with Gasteiger partial charge in [0.2, 0.25) is 0 Å². The predicted octanol–water partition coefficient (Wildman–Crippen LogP) is -0.218. The molecule has 14 heavy (non-hydrogen) atoms. The highest BCUT2D eigenvalue weighted by molar-refractivity contribution is 7.91. The highest BCUT2D eigenvalue weighted by atomic mass is 32.2. The summed E-state index contributed by atoms with van der Waals surface area (Å²) >= 11 is 4.80. The highest BCUT2D eigenvalue weighted by Gasteiger charge is 2.26. The van der Waals surface area contributed by atoms with Gasteiger partial charge < -0.3 is 5.73 Å². The number of piperidine rings is 1. The number of nitrogens with two attached hydrogens (primary N) is 1. The van der Waals surface area contributed by atoms with Gasteiger partial charge in [-0.3, -0.25) is 4.90 Å². The summed E-state index contributed by atoms with van der Waals surface area (Å²) in [6.45, 7) is 2.15. The van der Waals surface area contributed by atoms with E-state index in [0.717, 1.165) is 13.1 Å². The summed E-state index contributed by atoms with van der Waals surface area (Å²) in [5, 5.41) is -0.176. The van der Waals surface area contributed by atoms with E-state index in [2.05, 4.69) is 4.90 Å². The molecule has 1 heterocycles. The van der Waals surface area contributed by atoms with Gasteiger partial charge in [-0.05, 0) is 25.9 Å². The van der Waals surface area contributed by atoms with Crippen molar-refractivity contribution in [2.45, 2.75) is 18.1 Å². The Morgan fingerprint density at radius 1 is 1.50 bits per heavy atom. The highest BCUT2D eigenvalue weighted by Crippen LogP contribution is 2.16. The maximum atomic E-state index is 11.2. The zero-order chi connectivity index (χ0) is 10.8. The molecule has 0 bridgehead atoms. The topological polar surface area (TPSA) is 63.4 Å². The molecule has 0 amide bonds. The number of sulfone groups is 1. The molecule has 0 aliphatic carbocycles. The van der Waals surface area contributed by atoms with E-state index in [1.54, 1.807) is 0 Å². The molecule has 1 aliphatic rings. The van der Waals surface area contributed by atoms with Gasteiger partial charge >= 0.3 is 0 Å². The van der Waals surface area contributed by atoms with Crippen molar-refractivity contribution in [2.24, 2.45) is 5.73 Å². The first-order valence-electron chi connectivity index (χ1n) is 4.59. The molecular weight excluding hydrogens is 220 g/mol. The van der Waals surface area contributed by atoms with Crippen LogP contribution in [0, 0.1) is 0 Å². The molecule has 1 saturated heterocycles. The minimum atomic E-state index is -2.87. The summed E-state index contributed by atoms with van der Waals surface area (Å²) in [6, 6.07) is 0. The molecule has 4 nitrogen and oxygen atoms in total. The third-order valence-corrected chi connectivity index (χ3v) is 4.33. The molecule has 1 fully saturated rings. The normalized spacial score (nSPS) is 20.9. The Balaban J connectivity index is 2.43. The molecule has 0 aromatic carbocycles. The van der Waals surface area contributed by atoms with Gasteiger partial charge in [0.05, 0.1) is 10.2 Å². The molecule has 0 radical (unpaired) electrons. The summed E-state index contributed by atoms with van der Waals surface area (Å²) in [6.07, 6.45) is 2.70. The first-order valence-corrected chi connectivity index (χ1v) is 6.95. The maximum absolute atomic E-state index is 11.2. The fourth-order valence-electron chi connectivity index (χ4n) is 1.72. The zero-order valence-corrected chi connectivity index (χ0v) is 9.90. The minimum Gasteiger partial charge on any atom is -0.392 e.